The van der Waals surface area contributed by atoms with Gasteiger partial charge in [0.1, 0.15) is 5.60 Å². The lowest BCUT2D eigenvalue weighted by Gasteiger charge is -2.33. The monoisotopic (exact) mass is 426 g/mol. The van der Waals surface area contributed by atoms with E-state index in [2.05, 4.69) is 17.2 Å². The largest absolute Gasteiger partial charge is 0.444 e. The number of nitrogens with two attached hydrogens (primary N) is 1. The first-order valence-electron chi connectivity index (χ1n) is 7.83. The molecule has 0 aliphatic carbocycles. The fourth-order valence-corrected chi connectivity index (χ4v) is 2.24. The number of guanidine groups is 1. The summed E-state index contributed by atoms with van der Waals surface area (Å²) in [5.74, 6) is 0.847. The van der Waals surface area contributed by atoms with Crippen LogP contribution in [0.25, 0.3) is 0 Å². The second-order valence-corrected chi connectivity index (χ2v) is 6.59. The molecule has 1 heterocycles. The third-order valence-electron chi connectivity index (χ3n) is 3.25. The fourth-order valence-electron chi connectivity index (χ4n) is 2.24. The number of nitrogens with one attached hydrogen (secondary N) is 1. The molecule has 0 radical (unpaired) electrons. The molecule has 0 saturated carbocycles. The van der Waals surface area contributed by atoms with Crippen LogP contribution in [0.2, 0.25) is 0 Å². The Morgan fingerprint density at radius 3 is 2.73 bits per heavy atom. The van der Waals surface area contributed by atoms with Gasteiger partial charge in [0.2, 0.25) is 0 Å². The van der Waals surface area contributed by atoms with Crippen LogP contribution in [0.1, 0.15) is 47.0 Å². The molecule has 1 fully saturated rings. The number of likely N-dealkylation sites (tertiary alicyclic amines) is 1. The molecular formula is C15H31IN4O2. The molecule has 6 nitrogen and oxygen atoms in total. The van der Waals surface area contributed by atoms with Crippen molar-refractivity contribution >= 4 is 36.0 Å². The standard InChI is InChI=1S/C15H30N4O2.HI/c1-5-8-17-13(16)18-10-12-7-6-9-19(11-12)14(20)21-15(2,3)4;/h12H,5-11H2,1-4H3,(H3,16,17,18);1H. The Morgan fingerprint density at radius 1 is 1.45 bits per heavy atom. The third kappa shape index (κ3) is 8.65. The summed E-state index contributed by atoms with van der Waals surface area (Å²) in [6, 6.07) is 0. The maximum absolute atomic E-state index is 12.1. The van der Waals surface area contributed by atoms with Gasteiger partial charge in [-0.1, -0.05) is 6.92 Å². The third-order valence-corrected chi connectivity index (χ3v) is 3.25. The van der Waals surface area contributed by atoms with Crippen molar-refractivity contribution in [3.8, 4) is 0 Å². The first kappa shape index (κ1) is 21.3. The zero-order valence-electron chi connectivity index (χ0n) is 14.2. The predicted octanol–water partition coefficient (Wildman–Crippen LogP) is 2.57. The van der Waals surface area contributed by atoms with Crippen LogP contribution in [-0.2, 0) is 4.74 Å². The van der Waals surface area contributed by atoms with Crippen LogP contribution in [0.3, 0.4) is 0 Å². The summed E-state index contributed by atoms with van der Waals surface area (Å²) in [6.45, 7) is 10.7. The molecule has 1 aliphatic heterocycles. The molecule has 0 spiro atoms. The molecule has 1 amide bonds. The maximum atomic E-state index is 12.1. The molecule has 0 bridgehead atoms. The molecule has 22 heavy (non-hydrogen) atoms. The summed E-state index contributed by atoms with van der Waals surface area (Å²) >= 11 is 0. The Labute approximate surface area is 151 Å². The molecule has 1 saturated heterocycles. The van der Waals surface area contributed by atoms with Crippen LogP contribution in [-0.4, -0.2) is 48.7 Å². The van der Waals surface area contributed by atoms with Gasteiger partial charge < -0.3 is 20.7 Å². The minimum absolute atomic E-state index is 0. The summed E-state index contributed by atoms with van der Waals surface area (Å²) in [5, 5.41) is 3.06. The highest BCUT2D eigenvalue weighted by atomic mass is 127. The molecule has 0 aromatic heterocycles. The summed E-state index contributed by atoms with van der Waals surface area (Å²) in [6.07, 6.45) is 2.85. The summed E-state index contributed by atoms with van der Waals surface area (Å²) in [5.41, 5.74) is 5.34. The van der Waals surface area contributed by atoms with Crippen molar-refractivity contribution in [1.82, 2.24) is 10.2 Å². The van der Waals surface area contributed by atoms with Crippen LogP contribution >= 0.6 is 24.0 Å². The number of carbonyl (C=O) groups is 1. The van der Waals surface area contributed by atoms with Crippen molar-refractivity contribution < 1.29 is 9.53 Å². The van der Waals surface area contributed by atoms with Crippen molar-refractivity contribution in [2.45, 2.75) is 52.6 Å². The second kappa shape index (κ2) is 10.1. The Bertz CT molecular complexity index is 369. The van der Waals surface area contributed by atoms with Gasteiger partial charge in [-0.25, -0.2) is 4.79 Å². The lowest BCUT2D eigenvalue weighted by molar-refractivity contribution is 0.0171. The SMILES string of the molecule is CCCNC(N)=NCC1CCCN(C(=O)OC(C)(C)C)C1.I. The molecule has 1 atom stereocenters. The fraction of sp³-hybridized carbons (Fsp3) is 0.867. The smallest absolute Gasteiger partial charge is 0.410 e. The number of rotatable bonds is 4. The summed E-state index contributed by atoms with van der Waals surface area (Å²) in [7, 11) is 0. The first-order valence-corrected chi connectivity index (χ1v) is 7.83. The van der Waals surface area contributed by atoms with E-state index in [0.29, 0.717) is 25.0 Å². The minimum atomic E-state index is -0.448. The van der Waals surface area contributed by atoms with Crippen molar-refractivity contribution in [1.29, 1.82) is 0 Å². The average Bonchev–Trinajstić information content (AvgIpc) is 2.41. The van der Waals surface area contributed by atoms with E-state index in [9.17, 15) is 4.79 Å². The van der Waals surface area contributed by atoms with E-state index in [1.54, 1.807) is 4.90 Å². The Balaban J connectivity index is 0.00000441. The van der Waals surface area contributed by atoms with Crippen LogP contribution < -0.4 is 11.1 Å². The average molecular weight is 426 g/mol. The molecule has 1 aliphatic rings. The molecule has 3 N–H and O–H groups in total. The number of ether oxygens (including phenoxy) is 1. The molecule has 1 rings (SSSR count). The van der Waals surface area contributed by atoms with Gasteiger partial charge in [0.15, 0.2) is 5.96 Å². The number of carbonyl (C=O) groups excluding carboxylic acids is 1. The van der Waals surface area contributed by atoms with Gasteiger partial charge in [0.25, 0.3) is 0 Å². The van der Waals surface area contributed by atoms with E-state index in [4.69, 9.17) is 10.5 Å². The normalized spacial score (nSPS) is 19.4. The van der Waals surface area contributed by atoms with E-state index in [1.807, 2.05) is 20.8 Å². The van der Waals surface area contributed by atoms with Gasteiger partial charge in [0, 0.05) is 26.2 Å². The van der Waals surface area contributed by atoms with E-state index in [0.717, 1.165) is 32.4 Å². The van der Waals surface area contributed by atoms with Gasteiger partial charge >= 0.3 is 6.09 Å². The van der Waals surface area contributed by atoms with Gasteiger partial charge in [-0.15, -0.1) is 24.0 Å². The van der Waals surface area contributed by atoms with E-state index in [1.165, 1.54) is 0 Å². The summed E-state index contributed by atoms with van der Waals surface area (Å²) < 4.78 is 5.42. The number of hydrogen-bond acceptors (Lipinski definition) is 3. The lowest BCUT2D eigenvalue weighted by atomic mass is 9.98. The van der Waals surface area contributed by atoms with Crippen molar-refractivity contribution in [3.05, 3.63) is 0 Å². The Morgan fingerprint density at radius 2 is 2.14 bits per heavy atom. The van der Waals surface area contributed by atoms with Crippen molar-refractivity contribution in [2.24, 2.45) is 16.6 Å². The summed E-state index contributed by atoms with van der Waals surface area (Å²) in [4.78, 5) is 18.2. The van der Waals surface area contributed by atoms with Gasteiger partial charge in [0.05, 0.1) is 0 Å². The van der Waals surface area contributed by atoms with E-state index in [-0.39, 0.29) is 30.1 Å². The molecule has 7 heteroatoms. The molecule has 0 aromatic carbocycles. The van der Waals surface area contributed by atoms with Gasteiger partial charge in [-0.2, -0.15) is 0 Å². The maximum Gasteiger partial charge on any atom is 0.410 e. The highest BCUT2D eigenvalue weighted by Gasteiger charge is 2.27. The van der Waals surface area contributed by atoms with E-state index < -0.39 is 5.60 Å². The van der Waals surface area contributed by atoms with Crippen LogP contribution in [0.4, 0.5) is 4.79 Å². The zero-order valence-corrected chi connectivity index (χ0v) is 16.6. The van der Waals surface area contributed by atoms with Crippen LogP contribution in [0, 0.1) is 5.92 Å². The minimum Gasteiger partial charge on any atom is -0.444 e. The van der Waals surface area contributed by atoms with Gasteiger partial charge in [-0.3, -0.25) is 4.99 Å². The topological polar surface area (TPSA) is 80.0 Å². The predicted molar refractivity (Wildman–Crippen MR) is 101 cm³/mol. The van der Waals surface area contributed by atoms with Crippen molar-refractivity contribution in [2.75, 3.05) is 26.2 Å². The highest BCUT2D eigenvalue weighted by Crippen LogP contribution is 2.19. The molecule has 130 valence electrons. The number of amides is 1. The Hall–Kier alpha value is -0.730. The number of hydrogen-bond donors (Lipinski definition) is 2. The van der Waals surface area contributed by atoms with Crippen molar-refractivity contribution in [3.63, 3.8) is 0 Å². The first-order chi connectivity index (χ1) is 9.81. The molecule has 0 aromatic rings. The highest BCUT2D eigenvalue weighted by molar-refractivity contribution is 14.0. The Kier molecular flexibility index (Phi) is 9.79. The number of nitrogens with zero attached hydrogens (tertiary/aromatic N) is 2. The van der Waals surface area contributed by atoms with Crippen LogP contribution in [0.15, 0.2) is 4.99 Å². The molecule has 1 unspecified atom stereocenters. The second-order valence-electron chi connectivity index (χ2n) is 6.59. The van der Waals surface area contributed by atoms with Gasteiger partial charge in [-0.05, 0) is 46.0 Å². The number of halogens is 1. The van der Waals surface area contributed by atoms with E-state index >= 15 is 0 Å². The zero-order chi connectivity index (χ0) is 15.9. The number of aliphatic imine (C=N–C) groups is 1. The van der Waals surface area contributed by atoms with Crippen LogP contribution in [0.5, 0.6) is 0 Å². The number of piperidine rings is 1. The lowest BCUT2D eigenvalue weighted by Crippen LogP contribution is -2.43. The molecular weight excluding hydrogens is 395 g/mol. The quantitative estimate of drug-likeness (QED) is 0.412.